The van der Waals surface area contributed by atoms with Crippen LogP contribution in [0.15, 0.2) is 12.3 Å². The molecule has 5 nitrogen and oxygen atoms in total. The molecule has 1 aromatic heterocycles. The first-order chi connectivity index (χ1) is 9.51. The van der Waals surface area contributed by atoms with E-state index in [1.807, 2.05) is 6.92 Å². The molecule has 0 radical (unpaired) electrons. The minimum Gasteiger partial charge on any atom is -0.351 e. The second-order valence-electron chi connectivity index (χ2n) is 4.79. The van der Waals surface area contributed by atoms with E-state index in [2.05, 4.69) is 35.8 Å². The van der Waals surface area contributed by atoms with Crippen LogP contribution in [0.1, 0.15) is 42.7 Å². The number of amides is 1. The summed E-state index contributed by atoms with van der Waals surface area (Å²) in [6, 6.07) is 1.76. The van der Waals surface area contributed by atoms with Gasteiger partial charge in [0.15, 0.2) is 0 Å². The van der Waals surface area contributed by atoms with Crippen LogP contribution in [0.2, 0.25) is 0 Å². The Labute approximate surface area is 125 Å². The van der Waals surface area contributed by atoms with E-state index in [4.69, 9.17) is 5.84 Å². The Morgan fingerprint density at radius 1 is 1.45 bits per heavy atom. The number of rotatable bonds is 7. The van der Waals surface area contributed by atoms with Gasteiger partial charge in [-0.05, 0) is 32.1 Å². The molecule has 4 N–H and O–H groups in total. The van der Waals surface area contributed by atoms with E-state index in [0.717, 1.165) is 18.5 Å². The smallest absolute Gasteiger partial charge is 0.255 e. The summed E-state index contributed by atoms with van der Waals surface area (Å²) < 4.78 is 0.0874. The van der Waals surface area contributed by atoms with Crippen LogP contribution in [0.5, 0.6) is 0 Å². The van der Waals surface area contributed by atoms with Crippen molar-refractivity contribution in [3.63, 3.8) is 0 Å². The van der Waals surface area contributed by atoms with E-state index in [0.29, 0.717) is 17.8 Å². The number of nitrogens with two attached hydrogens (primary N) is 1. The van der Waals surface area contributed by atoms with Gasteiger partial charge in [-0.1, -0.05) is 13.8 Å². The Balaban J connectivity index is 2.82. The molecule has 6 heteroatoms. The van der Waals surface area contributed by atoms with E-state index >= 15 is 0 Å². The Kier molecular flexibility index (Phi) is 6.29. The first-order valence-corrected chi connectivity index (χ1v) is 8.01. The highest BCUT2D eigenvalue weighted by Crippen LogP contribution is 2.29. The van der Waals surface area contributed by atoms with Crippen molar-refractivity contribution in [3.05, 3.63) is 23.5 Å². The number of thioether (sulfide) groups is 1. The number of nitrogens with zero attached hydrogens (tertiary/aromatic N) is 1. The maximum absolute atomic E-state index is 12.3. The summed E-state index contributed by atoms with van der Waals surface area (Å²) in [5, 5.41) is 2.99. The van der Waals surface area contributed by atoms with Gasteiger partial charge in [-0.15, -0.1) is 0 Å². The summed E-state index contributed by atoms with van der Waals surface area (Å²) in [6.07, 6.45) is 5.66. The summed E-state index contributed by atoms with van der Waals surface area (Å²) in [5.41, 5.74) is 4.43. The molecule has 0 atom stereocenters. The Morgan fingerprint density at radius 2 is 2.10 bits per heavy atom. The van der Waals surface area contributed by atoms with Crippen molar-refractivity contribution in [2.24, 2.45) is 5.84 Å². The number of hydrogen-bond acceptors (Lipinski definition) is 5. The lowest BCUT2D eigenvalue weighted by Gasteiger charge is -2.29. The minimum absolute atomic E-state index is 0.0874. The maximum atomic E-state index is 12.3. The molecule has 0 aliphatic heterocycles. The molecule has 0 spiro atoms. The lowest BCUT2D eigenvalue weighted by molar-refractivity contribution is 0.0949. The fourth-order valence-corrected chi connectivity index (χ4v) is 2.85. The standard InChI is InChI=1S/C14H24N4OS/c1-5-14(6-2,20-4)9-17-13(19)11-8-16-10(3)7-12(11)18-15/h7-8H,5-6,9,15H2,1-4H3,(H,16,18)(H,17,19). The number of nitrogens with one attached hydrogen (secondary N) is 2. The number of hydrogen-bond donors (Lipinski definition) is 3. The molecule has 0 fully saturated rings. The van der Waals surface area contributed by atoms with Crippen molar-refractivity contribution in [2.75, 3.05) is 18.2 Å². The SMILES string of the molecule is CCC(CC)(CNC(=O)c1cnc(C)cc1NN)SC. The lowest BCUT2D eigenvalue weighted by Crippen LogP contribution is -2.40. The van der Waals surface area contributed by atoms with Crippen molar-refractivity contribution in [2.45, 2.75) is 38.4 Å². The van der Waals surface area contributed by atoms with Gasteiger partial charge >= 0.3 is 0 Å². The fourth-order valence-electron chi connectivity index (χ4n) is 2.06. The first kappa shape index (κ1) is 16.8. The van der Waals surface area contributed by atoms with E-state index in [1.54, 1.807) is 24.0 Å². The number of anilines is 1. The quantitative estimate of drug-likeness (QED) is 0.531. The van der Waals surface area contributed by atoms with E-state index in [-0.39, 0.29) is 10.7 Å². The van der Waals surface area contributed by atoms with Crippen LogP contribution in [0.4, 0.5) is 5.69 Å². The topological polar surface area (TPSA) is 80.0 Å². The number of carbonyl (C=O) groups excluding carboxylic acids is 1. The Morgan fingerprint density at radius 3 is 2.60 bits per heavy atom. The first-order valence-electron chi connectivity index (χ1n) is 6.78. The zero-order valence-electron chi connectivity index (χ0n) is 12.6. The molecule has 1 amide bonds. The molecule has 1 rings (SSSR count). The summed E-state index contributed by atoms with van der Waals surface area (Å²) in [5.74, 6) is 5.31. The molecule has 1 heterocycles. The molecule has 0 aromatic carbocycles. The molecule has 0 bridgehead atoms. The van der Waals surface area contributed by atoms with Crippen molar-refractivity contribution < 1.29 is 4.79 Å². The third-order valence-electron chi connectivity index (χ3n) is 3.73. The molecule has 1 aromatic rings. The van der Waals surface area contributed by atoms with Crippen molar-refractivity contribution in [1.82, 2.24) is 10.3 Å². The van der Waals surface area contributed by atoms with Gasteiger partial charge in [0.2, 0.25) is 0 Å². The van der Waals surface area contributed by atoms with Crippen molar-refractivity contribution in [3.8, 4) is 0 Å². The summed E-state index contributed by atoms with van der Waals surface area (Å²) in [6.45, 7) is 6.78. The number of aryl methyl sites for hydroxylation is 1. The largest absolute Gasteiger partial charge is 0.351 e. The molecular weight excluding hydrogens is 272 g/mol. The van der Waals surface area contributed by atoms with E-state index in [9.17, 15) is 4.79 Å². The molecule has 0 aliphatic carbocycles. The van der Waals surface area contributed by atoms with E-state index in [1.165, 1.54) is 0 Å². The average Bonchev–Trinajstić information content (AvgIpc) is 2.48. The fraction of sp³-hybridized carbons (Fsp3) is 0.571. The van der Waals surface area contributed by atoms with Crippen LogP contribution in [0.3, 0.4) is 0 Å². The molecule has 20 heavy (non-hydrogen) atoms. The number of carbonyl (C=O) groups is 1. The highest BCUT2D eigenvalue weighted by Gasteiger charge is 2.26. The summed E-state index contributed by atoms with van der Waals surface area (Å²) >= 11 is 1.80. The molecule has 0 saturated carbocycles. The van der Waals surface area contributed by atoms with Gasteiger partial charge in [-0.2, -0.15) is 11.8 Å². The predicted octanol–water partition coefficient (Wildman–Crippen LogP) is 2.33. The average molecular weight is 296 g/mol. The molecule has 0 saturated heterocycles. The van der Waals surface area contributed by atoms with Gasteiger partial charge < -0.3 is 10.7 Å². The monoisotopic (exact) mass is 296 g/mol. The number of pyridine rings is 1. The second kappa shape index (κ2) is 7.50. The zero-order chi connectivity index (χ0) is 15.2. The van der Waals surface area contributed by atoms with Gasteiger partial charge in [0.1, 0.15) is 0 Å². The number of aromatic nitrogens is 1. The molecule has 0 aliphatic rings. The maximum Gasteiger partial charge on any atom is 0.255 e. The predicted molar refractivity (Wildman–Crippen MR) is 85.9 cm³/mol. The van der Waals surface area contributed by atoms with Crippen LogP contribution in [-0.2, 0) is 0 Å². The minimum atomic E-state index is -0.147. The van der Waals surface area contributed by atoms with Crippen molar-refractivity contribution >= 4 is 23.4 Å². The van der Waals surface area contributed by atoms with Gasteiger partial charge in [0.05, 0.1) is 11.3 Å². The normalized spacial score (nSPS) is 11.2. The summed E-state index contributed by atoms with van der Waals surface area (Å²) in [7, 11) is 0. The third-order valence-corrected chi connectivity index (χ3v) is 5.32. The molecular formula is C14H24N4OS. The van der Waals surface area contributed by atoms with E-state index < -0.39 is 0 Å². The highest BCUT2D eigenvalue weighted by molar-refractivity contribution is 8.00. The van der Waals surface area contributed by atoms with Gasteiger partial charge in [-0.25, -0.2) is 0 Å². The zero-order valence-corrected chi connectivity index (χ0v) is 13.4. The lowest BCUT2D eigenvalue weighted by atomic mass is 10.0. The Bertz CT molecular complexity index is 452. The second-order valence-corrected chi connectivity index (χ2v) is 6.07. The molecule has 112 valence electrons. The van der Waals surface area contributed by atoms with Crippen LogP contribution in [0, 0.1) is 6.92 Å². The van der Waals surface area contributed by atoms with Gasteiger partial charge in [0, 0.05) is 23.2 Å². The van der Waals surface area contributed by atoms with Crippen LogP contribution >= 0.6 is 11.8 Å². The van der Waals surface area contributed by atoms with Crippen molar-refractivity contribution in [1.29, 1.82) is 0 Å². The van der Waals surface area contributed by atoms with Crippen LogP contribution in [-0.4, -0.2) is 28.4 Å². The van der Waals surface area contributed by atoms with Crippen LogP contribution in [0.25, 0.3) is 0 Å². The summed E-state index contributed by atoms with van der Waals surface area (Å²) in [4.78, 5) is 16.4. The number of hydrazine groups is 1. The van der Waals surface area contributed by atoms with Crippen LogP contribution < -0.4 is 16.6 Å². The van der Waals surface area contributed by atoms with Gasteiger partial charge in [-0.3, -0.25) is 15.6 Å². The Hall–Kier alpha value is -1.27. The number of nitrogen functional groups attached to an aromatic ring is 1. The van der Waals surface area contributed by atoms with Gasteiger partial charge in [0.25, 0.3) is 5.91 Å². The third kappa shape index (κ3) is 3.86. The highest BCUT2D eigenvalue weighted by atomic mass is 32.2. The molecule has 0 unspecified atom stereocenters.